The molecule has 9 heteroatoms. The van der Waals surface area contributed by atoms with Gasteiger partial charge in [0, 0.05) is 0 Å². The van der Waals surface area contributed by atoms with Crippen LogP contribution in [0.15, 0.2) is 0 Å². The number of hydrogen-bond donors (Lipinski definition) is 6. The largest absolute Gasteiger partial charge is 0.394 e. The second kappa shape index (κ2) is 7.27. The predicted molar refractivity (Wildman–Crippen MR) is 65.8 cm³/mol. The van der Waals surface area contributed by atoms with Gasteiger partial charge in [0.25, 0.3) is 0 Å². The van der Waals surface area contributed by atoms with E-state index >= 15 is 0 Å². The van der Waals surface area contributed by atoms with E-state index in [2.05, 4.69) is 0 Å². The number of aliphatic hydroxyl groups excluding tert-OH is 6. The molecular formula is C12H22O9. The summed E-state index contributed by atoms with van der Waals surface area (Å²) in [5.41, 5.74) is 0. The minimum Gasteiger partial charge on any atom is -0.394 e. The lowest BCUT2D eigenvalue weighted by molar-refractivity contribution is -0.337. The van der Waals surface area contributed by atoms with E-state index in [1.807, 2.05) is 0 Å². The van der Waals surface area contributed by atoms with Crippen LogP contribution in [-0.4, -0.2) is 93.1 Å². The molecule has 0 aliphatic carbocycles. The molecule has 9 nitrogen and oxygen atoms in total. The van der Waals surface area contributed by atoms with Crippen molar-refractivity contribution < 1.29 is 44.8 Å². The summed E-state index contributed by atoms with van der Waals surface area (Å²) in [6, 6.07) is 0. The maximum Gasteiger partial charge on any atom is 0.184 e. The molecule has 0 aromatic heterocycles. The van der Waals surface area contributed by atoms with Crippen LogP contribution in [0.4, 0.5) is 0 Å². The summed E-state index contributed by atoms with van der Waals surface area (Å²) in [6.07, 6.45) is -8.82. The van der Waals surface area contributed by atoms with E-state index < -0.39 is 55.8 Å². The fraction of sp³-hybridized carbons (Fsp3) is 1.00. The fourth-order valence-electron chi connectivity index (χ4n) is 2.49. The van der Waals surface area contributed by atoms with Gasteiger partial charge in [-0.1, -0.05) is 0 Å². The third-order valence-corrected chi connectivity index (χ3v) is 3.76. The Labute approximate surface area is 121 Å². The Morgan fingerprint density at radius 1 is 0.905 bits per heavy atom. The smallest absolute Gasteiger partial charge is 0.184 e. The van der Waals surface area contributed by atoms with Crippen LogP contribution in [0, 0.1) is 0 Å². The Balaban J connectivity index is 2.04. The highest BCUT2D eigenvalue weighted by Crippen LogP contribution is 2.27. The van der Waals surface area contributed by atoms with E-state index in [4.69, 9.17) is 19.3 Å². The Morgan fingerprint density at radius 2 is 1.62 bits per heavy atom. The molecular weight excluding hydrogens is 288 g/mol. The summed E-state index contributed by atoms with van der Waals surface area (Å²) < 4.78 is 15.7. The highest BCUT2D eigenvalue weighted by atomic mass is 16.7. The molecule has 2 unspecified atom stereocenters. The summed E-state index contributed by atoms with van der Waals surface area (Å²) in [5, 5.41) is 57.1. The molecule has 2 rings (SSSR count). The average Bonchev–Trinajstić information content (AvgIpc) is 2.49. The third kappa shape index (κ3) is 3.70. The lowest BCUT2D eigenvalue weighted by atomic mass is 9.98. The van der Waals surface area contributed by atoms with Crippen molar-refractivity contribution in [3.63, 3.8) is 0 Å². The third-order valence-electron chi connectivity index (χ3n) is 3.76. The molecule has 2 fully saturated rings. The normalized spacial score (nSPS) is 48.3. The van der Waals surface area contributed by atoms with Crippen molar-refractivity contribution in [1.29, 1.82) is 0 Å². The number of rotatable bonds is 4. The average molecular weight is 310 g/mol. The molecule has 124 valence electrons. The van der Waals surface area contributed by atoms with Crippen LogP contribution in [-0.2, 0) is 14.2 Å². The number of aliphatic hydroxyl groups is 6. The topological polar surface area (TPSA) is 149 Å². The van der Waals surface area contributed by atoms with Gasteiger partial charge >= 0.3 is 0 Å². The molecule has 0 aromatic rings. The van der Waals surface area contributed by atoms with Gasteiger partial charge < -0.3 is 44.8 Å². The van der Waals surface area contributed by atoms with Crippen LogP contribution >= 0.6 is 0 Å². The van der Waals surface area contributed by atoms with Crippen molar-refractivity contribution >= 4 is 0 Å². The highest BCUT2D eigenvalue weighted by molar-refractivity contribution is 4.90. The Kier molecular flexibility index (Phi) is 5.88. The zero-order valence-corrected chi connectivity index (χ0v) is 11.4. The van der Waals surface area contributed by atoms with Crippen LogP contribution in [0.3, 0.4) is 0 Å². The van der Waals surface area contributed by atoms with Gasteiger partial charge in [0.2, 0.25) is 0 Å². The summed E-state index contributed by atoms with van der Waals surface area (Å²) in [4.78, 5) is 0. The van der Waals surface area contributed by atoms with Crippen LogP contribution < -0.4 is 0 Å². The zero-order chi connectivity index (χ0) is 15.6. The van der Waals surface area contributed by atoms with Crippen LogP contribution in [0.5, 0.6) is 0 Å². The van der Waals surface area contributed by atoms with Crippen molar-refractivity contribution in [3.8, 4) is 0 Å². The first-order valence-corrected chi connectivity index (χ1v) is 6.88. The van der Waals surface area contributed by atoms with Crippen LogP contribution in [0.1, 0.15) is 12.8 Å². The summed E-state index contributed by atoms with van der Waals surface area (Å²) in [7, 11) is 0. The maximum atomic E-state index is 9.94. The predicted octanol–water partition coefficient (Wildman–Crippen LogP) is -3.34. The quantitative estimate of drug-likeness (QED) is 0.313. The summed E-state index contributed by atoms with van der Waals surface area (Å²) >= 11 is 0. The fourth-order valence-corrected chi connectivity index (χ4v) is 2.49. The van der Waals surface area contributed by atoms with E-state index in [1.165, 1.54) is 0 Å². The summed E-state index contributed by atoms with van der Waals surface area (Å²) in [5.74, 6) is 0. The highest BCUT2D eigenvalue weighted by Gasteiger charge is 2.46. The van der Waals surface area contributed by atoms with Gasteiger partial charge in [-0.3, -0.25) is 0 Å². The van der Waals surface area contributed by atoms with Crippen LogP contribution in [0.2, 0.25) is 0 Å². The lowest BCUT2D eigenvalue weighted by Crippen LogP contribution is -2.61. The monoisotopic (exact) mass is 310 g/mol. The molecule has 2 aliphatic heterocycles. The van der Waals surface area contributed by atoms with Gasteiger partial charge in [-0.25, -0.2) is 0 Å². The molecule has 0 amide bonds. The zero-order valence-electron chi connectivity index (χ0n) is 11.4. The molecule has 0 radical (unpaired) electrons. The Hall–Kier alpha value is -0.360. The van der Waals surface area contributed by atoms with Gasteiger partial charge in [0.15, 0.2) is 12.6 Å². The molecule has 0 aromatic carbocycles. The van der Waals surface area contributed by atoms with E-state index in [-0.39, 0.29) is 6.61 Å². The van der Waals surface area contributed by atoms with Crippen molar-refractivity contribution in [2.75, 3.05) is 13.2 Å². The number of hydrogen-bond acceptors (Lipinski definition) is 9. The first-order valence-electron chi connectivity index (χ1n) is 6.88. The van der Waals surface area contributed by atoms with E-state index in [0.29, 0.717) is 12.8 Å². The van der Waals surface area contributed by atoms with Gasteiger partial charge in [-0.05, 0) is 12.8 Å². The second-order valence-electron chi connectivity index (χ2n) is 5.28. The molecule has 6 N–H and O–H groups in total. The number of ether oxygens (including phenoxy) is 3. The van der Waals surface area contributed by atoms with Gasteiger partial charge in [-0.15, -0.1) is 0 Å². The lowest BCUT2D eigenvalue weighted by Gasteiger charge is -2.43. The van der Waals surface area contributed by atoms with Crippen molar-refractivity contribution in [3.05, 3.63) is 0 Å². The first kappa shape index (κ1) is 17.0. The standard InChI is InChI=1S/C12H22O9/c13-3-5-1-2-6(15)12(19-5)21-10-7(4-14)20-11(18)9(17)8(10)16/h5-18H,1-4H2/t5-,6+,7+,8+,9?,10+,11?,12-/m0/s1. The minimum absolute atomic E-state index is 0.235. The SMILES string of the molecule is OC[C@@H]1CC[C@@H](O)[C@H](O[C@H]2[C@H](O)C(O)C(O)O[C@@H]2CO)O1. The van der Waals surface area contributed by atoms with Crippen molar-refractivity contribution in [2.45, 2.75) is 62.0 Å². The molecule has 0 bridgehead atoms. The van der Waals surface area contributed by atoms with Crippen LogP contribution in [0.25, 0.3) is 0 Å². The first-order chi connectivity index (χ1) is 9.97. The Bertz CT molecular complexity index is 326. The molecule has 0 saturated carbocycles. The molecule has 8 atom stereocenters. The molecule has 2 saturated heterocycles. The van der Waals surface area contributed by atoms with Crippen molar-refractivity contribution in [2.24, 2.45) is 0 Å². The van der Waals surface area contributed by atoms with Gasteiger partial charge in [0.1, 0.15) is 30.5 Å². The summed E-state index contributed by atoms with van der Waals surface area (Å²) in [6.45, 7) is -0.793. The van der Waals surface area contributed by atoms with Gasteiger partial charge in [0.05, 0.1) is 19.3 Å². The van der Waals surface area contributed by atoms with E-state index in [9.17, 15) is 25.5 Å². The Morgan fingerprint density at radius 3 is 2.24 bits per heavy atom. The van der Waals surface area contributed by atoms with E-state index in [1.54, 1.807) is 0 Å². The molecule has 2 aliphatic rings. The van der Waals surface area contributed by atoms with Crippen molar-refractivity contribution in [1.82, 2.24) is 0 Å². The maximum absolute atomic E-state index is 9.94. The molecule has 2 heterocycles. The molecule has 0 spiro atoms. The molecule has 21 heavy (non-hydrogen) atoms. The minimum atomic E-state index is -1.64. The van der Waals surface area contributed by atoms with Gasteiger partial charge in [-0.2, -0.15) is 0 Å². The van der Waals surface area contributed by atoms with E-state index in [0.717, 1.165) is 0 Å². The second-order valence-corrected chi connectivity index (χ2v) is 5.28.